The molecule has 2 N–H and O–H groups in total. The molecule has 21 heavy (non-hydrogen) atoms. The molecular formula is C18H30N2S. The van der Waals surface area contributed by atoms with Crippen LogP contribution < -0.4 is 10.6 Å². The van der Waals surface area contributed by atoms with Gasteiger partial charge in [0.2, 0.25) is 0 Å². The average molecular weight is 307 g/mol. The van der Waals surface area contributed by atoms with Crippen molar-refractivity contribution in [3.05, 3.63) is 21.9 Å². The second-order valence-electron chi connectivity index (χ2n) is 6.71. The maximum Gasteiger partial charge on any atom is 0.0302 e. The van der Waals surface area contributed by atoms with Gasteiger partial charge >= 0.3 is 0 Å². The van der Waals surface area contributed by atoms with Crippen LogP contribution in [-0.2, 0) is 13.0 Å². The van der Waals surface area contributed by atoms with Crippen molar-refractivity contribution in [1.82, 2.24) is 10.6 Å². The topological polar surface area (TPSA) is 24.1 Å². The van der Waals surface area contributed by atoms with Crippen molar-refractivity contribution in [2.24, 2.45) is 5.92 Å². The standard InChI is InChI=1S/C18H30N2S/c1-2-14-10-11-15(21-14)13-20-18-8-4-3-7-16(18)17-9-5-6-12-19-17/h10-11,16-20H,2-9,12-13H2,1H3. The zero-order chi connectivity index (χ0) is 14.5. The van der Waals surface area contributed by atoms with Crippen LogP contribution in [0, 0.1) is 5.92 Å². The molecule has 2 aliphatic rings. The Bertz CT molecular complexity index is 423. The van der Waals surface area contributed by atoms with Gasteiger partial charge in [0, 0.05) is 28.4 Å². The largest absolute Gasteiger partial charge is 0.314 e. The molecule has 0 aromatic carbocycles. The Hall–Kier alpha value is -0.380. The van der Waals surface area contributed by atoms with Crippen molar-refractivity contribution in [2.45, 2.75) is 76.9 Å². The lowest BCUT2D eigenvalue weighted by Gasteiger charge is -2.40. The molecular weight excluding hydrogens is 276 g/mol. The molecule has 1 aliphatic carbocycles. The van der Waals surface area contributed by atoms with Crippen molar-refractivity contribution in [2.75, 3.05) is 6.54 Å². The van der Waals surface area contributed by atoms with Crippen molar-refractivity contribution in [3.63, 3.8) is 0 Å². The minimum atomic E-state index is 0.724. The van der Waals surface area contributed by atoms with E-state index in [0.29, 0.717) is 0 Å². The highest BCUT2D eigenvalue weighted by Gasteiger charge is 2.32. The summed E-state index contributed by atoms with van der Waals surface area (Å²) in [6, 6.07) is 6.10. The Balaban J connectivity index is 1.56. The van der Waals surface area contributed by atoms with Crippen molar-refractivity contribution < 1.29 is 0 Å². The number of hydrogen-bond acceptors (Lipinski definition) is 3. The predicted molar refractivity (Wildman–Crippen MR) is 91.9 cm³/mol. The molecule has 2 heterocycles. The highest BCUT2D eigenvalue weighted by atomic mass is 32.1. The Kier molecular flexibility index (Phi) is 5.73. The lowest BCUT2D eigenvalue weighted by atomic mass is 9.77. The quantitative estimate of drug-likeness (QED) is 0.856. The number of nitrogens with one attached hydrogen (secondary N) is 2. The average Bonchev–Trinajstić information content (AvgIpc) is 3.02. The third kappa shape index (κ3) is 4.08. The van der Waals surface area contributed by atoms with Gasteiger partial charge in [-0.15, -0.1) is 11.3 Å². The van der Waals surface area contributed by atoms with Gasteiger partial charge in [-0.2, -0.15) is 0 Å². The summed E-state index contributed by atoms with van der Waals surface area (Å²) in [4.78, 5) is 3.02. The van der Waals surface area contributed by atoms with Gasteiger partial charge in [0.15, 0.2) is 0 Å². The molecule has 2 fully saturated rings. The minimum absolute atomic E-state index is 0.724. The molecule has 3 atom stereocenters. The lowest BCUT2D eigenvalue weighted by Crippen LogP contribution is -2.50. The van der Waals surface area contributed by atoms with Crippen LogP contribution in [0.25, 0.3) is 0 Å². The van der Waals surface area contributed by atoms with E-state index in [9.17, 15) is 0 Å². The lowest BCUT2D eigenvalue weighted by molar-refractivity contribution is 0.181. The second kappa shape index (κ2) is 7.75. The Morgan fingerprint density at radius 1 is 1.10 bits per heavy atom. The van der Waals surface area contributed by atoms with Crippen LogP contribution in [-0.4, -0.2) is 18.6 Å². The van der Waals surface area contributed by atoms with Crippen molar-refractivity contribution in [1.29, 1.82) is 0 Å². The zero-order valence-corrected chi connectivity index (χ0v) is 14.2. The third-order valence-corrected chi connectivity index (χ3v) is 6.52. The number of thiophene rings is 1. The number of hydrogen-bond donors (Lipinski definition) is 2. The molecule has 0 spiro atoms. The van der Waals surface area contributed by atoms with E-state index in [0.717, 1.165) is 24.5 Å². The zero-order valence-electron chi connectivity index (χ0n) is 13.4. The fraction of sp³-hybridized carbons (Fsp3) is 0.778. The molecule has 1 aromatic heterocycles. The number of aryl methyl sites for hydroxylation is 1. The molecule has 3 heteroatoms. The van der Waals surface area contributed by atoms with Gasteiger partial charge in [0.05, 0.1) is 0 Å². The van der Waals surface area contributed by atoms with E-state index in [-0.39, 0.29) is 0 Å². The van der Waals surface area contributed by atoms with Crippen LogP contribution >= 0.6 is 11.3 Å². The molecule has 118 valence electrons. The molecule has 3 unspecified atom stereocenters. The number of rotatable bonds is 5. The summed E-state index contributed by atoms with van der Waals surface area (Å²) in [6.45, 7) is 4.55. The molecule has 0 radical (unpaired) electrons. The fourth-order valence-electron chi connectivity index (χ4n) is 4.08. The van der Waals surface area contributed by atoms with Gasteiger partial charge in [-0.3, -0.25) is 0 Å². The van der Waals surface area contributed by atoms with E-state index in [2.05, 4.69) is 29.7 Å². The van der Waals surface area contributed by atoms with E-state index >= 15 is 0 Å². The van der Waals surface area contributed by atoms with Crippen LogP contribution in [0.3, 0.4) is 0 Å². The predicted octanol–water partition coefficient (Wildman–Crippen LogP) is 4.10. The summed E-state index contributed by atoms with van der Waals surface area (Å²) >= 11 is 1.98. The van der Waals surface area contributed by atoms with E-state index in [1.165, 1.54) is 67.7 Å². The Labute approximate surface area is 133 Å². The molecule has 1 aliphatic heterocycles. The first kappa shape index (κ1) is 15.5. The van der Waals surface area contributed by atoms with Crippen molar-refractivity contribution in [3.8, 4) is 0 Å². The molecule has 0 bridgehead atoms. The first-order valence-corrected chi connectivity index (χ1v) is 9.73. The van der Waals surface area contributed by atoms with Gasteiger partial charge in [-0.05, 0) is 56.7 Å². The fourth-order valence-corrected chi connectivity index (χ4v) is 4.99. The molecule has 0 amide bonds. The molecule has 1 aromatic rings. The smallest absolute Gasteiger partial charge is 0.0302 e. The normalized spacial score (nSPS) is 30.4. The van der Waals surface area contributed by atoms with Gasteiger partial charge < -0.3 is 10.6 Å². The molecule has 2 nitrogen and oxygen atoms in total. The van der Waals surface area contributed by atoms with E-state index in [4.69, 9.17) is 0 Å². The SMILES string of the molecule is CCc1ccc(CNC2CCCCC2C2CCCCN2)s1. The van der Waals surface area contributed by atoms with Gasteiger partial charge in [-0.1, -0.05) is 26.2 Å². The molecule has 1 saturated heterocycles. The first-order valence-electron chi connectivity index (χ1n) is 8.91. The van der Waals surface area contributed by atoms with Crippen LogP contribution in [0.2, 0.25) is 0 Å². The second-order valence-corrected chi connectivity index (χ2v) is 7.97. The van der Waals surface area contributed by atoms with Gasteiger partial charge in [0.25, 0.3) is 0 Å². The summed E-state index contributed by atoms with van der Waals surface area (Å²) in [5, 5.41) is 7.69. The molecule has 1 saturated carbocycles. The minimum Gasteiger partial charge on any atom is -0.314 e. The summed E-state index contributed by atoms with van der Waals surface area (Å²) in [7, 11) is 0. The molecule has 3 rings (SSSR count). The van der Waals surface area contributed by atoms with Gasteiger partial charge in [-0.25, -0.2) is 0 Å². The maximum absolute atomic E-state index is 3.89. The van der Waals surface area contributed by atoms with Crippen LogP contribution in [0.1, 0.15) is 61.6 Å². The Morgan fingerprint density at radius 2 is 1.90 bits per heavy atom. The van der Waals surface area contributed by atoms with E-state index in [1.807, 2.05) is 11.3 Å². The highest BCUT2D eigenvalue weighted by Crippen LogP contribution is 2.31. The highest BCUT2D eigenvalue weighted by molar-refractivity contribution is 7.11. The Morgan fingerprint density at radius 3 is 2.67 bits per heavy atom. The van der Waals surface area contributed by atoms with Crippen LogP contribution in [0.15, 0.2) is 12.1 Å². The monoisotopic (exact) mass is 306 g/mol. The van der Waals surface area contributed by atoms with E-state index < -0.39 is 0 Å². The van der Waals surface area contributed by atoms with E-state index in [1.54, 1.807) is 0 Å². The van der Waals surface area contributed by atoms with Crippen LogP contribution in [0.4, 0.5) is 0 Å². The maximum atomic E-state index is 3.89. The summed E-state index contributed by atoms with van der Waals surface area (Å²) in [6.07, 6.45) is 11.0. The number of piperidine rings is 1. The van der Waals surface area contributed by atoms with Gasteiger partial charge in [0.1, 0.15) is 0 Å². The summed E-state index contributed by atoms with van der Waals surface area (Å²) in [5.41, 5.74) is 0. The third-order valence-electron chi connectivity index (χ3n) is 5.29. The van der Waals surface area contributed by atoms with Crippen molar-refractivity contribution >= 4 is 11.3 Å². The first-order chi connectivity index (χ1) is 10.4. The van der Waals surface area contributed by atoms with Crippen LogP contribution in [0.5, 0.6) is 0 Å². The summed E-state index contributed by atoms with van der Waals surface area (Å²) in [5.74, 6) is 0.852. The summed E-state index contributed by atoms with van der Waals surface area (Å²) < 4.78 is 0.